The molecule has 2 aromatic rings. The maximum Gasteiger partial charge on any atom is 0.341 e. The molecule has 0 radical (unpaired) electrons. The van der Waals surface area contributed by atoms with E-state index in [-0.39, 0.29) is 11.7 Å². The van der Waals surface area contributed by atoms with Gasteiger partial charge < -0.3 is 24.3 Å². The van der Waals surface area contributed by atoms with Crippen molar-refractivity contribution in [3.05, 3.63) is 39.8 Å². The van der Waals surface area contributed by atoms with Gasteiger partial charge in [-0.05, 0) is 63.3 Å². The predicted octanol–water partition coefficient (Wildman–Crippen LogP) is 3.76. The highest BCUT2D eigenvalue weighted by Gasteiger charge is 2.28. The Hall–Kier alpha value is -3.07. The highest BCUT2D eigenvalue weighted by molar-refractivity contribution is 7.17. The second-order valence-corrected chi connectivity index (χ2v) is 8.96. The van der Waals surface area contributed by atoms with Crippen molar-refractivity contribution in [2.45, 2.75) is 45.6 Å². The van der Waals surface area contributed by atoms with Crippen molar-refractivity contribution in [3.8, 4) is 11.5 Å². The van der Waals surface area contributed by atoms with Crippen LogP contribution in [0.3, 0.4) is 0 Å². The number of nitrogens with one attached hydrogen (secondary N) is 1. The summed E-state index contributed by atoms with van der Waals surface area (Å²) in [4.78, 5) is 38.7. The molecule has 2 heterocycles. The van der Waals surface area contributed by atoms with Crippen LogP contribution in [-0.4, -0.2) is 43.8 Å². The number of benzene rings is 1. The average Bonchev–Trinajstić information content (AvgIpc) is 3.14. The molecule has 32 heavy (non-hydrogen) atoms. The molecule has 8 nitrogen and oxygen atoms in total. The van der Waals surface area contributed by atoms with Crippen molar-refractivity contribution in [2.24, 2.45) is 0 Å². The average molecular weight is 460 g/mol. The van der Waals surface area contributed by atoms with E-state index in [2.05, 4.69) is 5.32 Å². The molecule has 1 N–H and O–H groups in total. The van der Waals surface area contributed by atoms with Crippen LogP contribution in [0.1, 0.15) is 57.8 Å². The minimum Gasteiger partial charge on any atom is -0.486 e. The molecule has 1 aromatic carbocycles. The largest absolute Gasteiger partial charge is 0.486 e. The summed E-state index contributed by atoms with van der Waals surface area (Å²) >= 11 is 1.39. The molecule has 0 atom stereocenters. The maximum absolute atomic E-state index is 12.7. The van der Waals surface area contributed by atoms with Gasteiger partial charge in [0, 0.05) is 4.88 Å². The molecule has 0 saturated carbocycles. The summed E-state index contributed by atoms with van der Waals surface area (Å²) in [7, 11) is 0. The Morgan fingerprint density at radius 2 is 1.81 bits per heavy atom. The first-order chi connectivity index (χ1) is 15.4. The Bertz CT molecular complexity index is 1040. The Kier molecular flexibility index (Phi) is 6.64. The molecule has 2 aliphatic rings. The maximum atomic E-state index is 12.7. The summed E-state index contributed by atoms with van der Waals surface area (Å²) in [5.74, 6) is -0.584. The number of esters is 2. The summed E-state index contributed by atoms with van der Waals surface area (Å²) < 4.78 is 21.5. The second kappa shape index (κ2) is 9.60. The lowest BCUT2D eigenvalue weighted by Gasteiger charge is -2.18. The Labute approximate surface area is 189 Å². The van der Waals surface area contributed by atoms with Crippen LogP contribution in [0.25, 0.3) is 0 Å². The molecule has 4 rings (SSSR count). The monoisotopic (exact) mass is 459 g/mol. The van der Waals surface area contributed by atoms with Crippen molar-refractivity contribution in [1.82, 2.24) is 0 Å². The van der Waals surface area contributed by atoms with E-state index in [0.29, 0.717) is 35.3 Å². The Morgan fingerprint density at radius 3 is 2.59 bits per heavy atom. The molecule has 1 aromatic heterocycles. The molecule has 0 unspecified atom stereocenters. The fraction of sp³-hybridized carbons (Fsp3) is 0.435. The molecule has 1 amide bonds. The zero-order chi connectivity index (χ0) is 22.7. The van der Waals surface area contributed by atoms with E-state index in [9.17, 15) is 14.4 Å². The van der Waals surface area contributed by atoms with Gasteiger partial charge >= 0.3 is 11.9 Å². The predicted molar refractivity (Wildman–Crippen MR) is 118 cm³/mol. The third kappa shape index (κ3) is 4.88. The number of aryl methyl sites for hydroxylation is 1. The molecule has 9 heteroatoms. The summed E-state index contributed by atoms with van der Waals surface area (Å²) in [6, 6.07) is 4.72. The van der Waals surface area contributed by atoms with E-state index in [1.165, 1.54) is 17.4 Å². The number of fused-ring (bicyclic) bond motifs is 2. The van der Waals surface area contributed by atoms with Gasteiger partial charge in [-0.25, -0.2) is 9.59 Å². The zero-order valence-corrected chi connectivity index (χ0v) is 18.8. The number of carbonyl (C=O) groups is 3. The first-order valence-corrected chi connectivity index (χ1v) is 11.5. The van der Waals surface area contributed by atoms with Crippen LogP contribution in [0.5, 0.6) is 11.5 Å². The van der Waals surface area contributed by atoms with Gasteiger partial charge in [0.1, 0.15) is 18.2 Å². The van der Waals surface area contributed by atoms with Gasteiger partial charge in [0.2, 0.25) is 0 Å². The minimum atomic E-state index is -0.651. The number of hydrogen-bond donors (Lipinski definition) is 1. The molecular weight excluding hydrogens is 434 g/mol. The molecule has 0 fully saturated rings. The zero-order valence-electron chi connectivity index (χ0n) is 18.0. The fourth-order valence-corrected chi connectivity index (χ4v) is 4.98. The number of carbonyl (C=O) groups excluding carboxylic acids is 3. The van der Waals surface area contributed by atoms with E-state index < -0.39 is 24.5 Å². The Morgan fingerprint density at radius 1 is 1.06 bits per heavy atom. The van der Waals surface area contributed by atoms with Gasteiger partial charge in [-0.3, -0.25) is 4.79 Å². The van der Waals surface area contributed by atoms with Crippen LogP contribution < -0.4 is 14.8 Å². The van der Waals surface area contributed by atoms with Gasteiger partial charge in [0.25, 0.3) is 5.91 Å². The van der Waals surface area contributed by atoms with Crippen molar-refractivity contribution in [2.75, 3.05) is 25.1 Å². The molecular formula is C23H25NO7S. The van der Waals surface area contributed by atoms with Crippen LogP contribution in [0.15, 0.2) is 18.2 Å². The number of rotatable bonds is 6. The van der Waals surface area contributed by atoms with Crippen molar-refractivity contribution in [3.63, 3.8) is 0 Å². The van der Waals surface area contributed by atoms with Crippen LogP contribution in [-0.2, 0) is 27.1 Å². The van der Waals surface area contributed by atoms with E-state index in [1.54, 1.807) is 26.0 Å². The van der Waals surface area contributed by atoms with Crippen molar-refractivity contribution < 1.29 is 33.3 Å². The van der Waals surface area contributed by atoms with Gasteiger partial charge in [-0.1, -0.05) is 0 Å². The van der Waals surface area contributed by atoms with Crippen molar-refractivity contribution in [1.29, 1.82) is 0 Å². The van der Waals surface area contributed by atoms with Gasteiger partial charge in [-0.2, -0.15) is 0 Å². The van der Waals surface area contributed by atoms with Crippen molar-refractivity contribution >= 4 is 34.2 Å². The van der Waals surface area contributed by atoms with Gasteiger partial charge in [-0.15, -0.1) is 11.3 Å². The first kappa shape index (κ1) is 22.1. The number of hydrogen-bond acceptors (Lipinski definition) is 8. The third-order valence-corrected chi connectivity index (χ3v) is 6.29. The topological polar surface area (TPSA) is 100 Å². The molecule has 0 saturated heterocycles. The summed E-state index contributed by atoms with van der Waals surface area (Å²) in [5.41, 5.74) is 1.63. The van der Waals surface area contributed by atoms with Crippen LogP contribution in [0.2, 0.25) is 0 Å². The first-order valence-electron chi connectivity index (χ1n) is 10.6. The molecule has 0 bridgehead atoms. The lowest BCUT2D eigenvalue weighted by Crippen LogP contribution is -2.22. The molecule has 0 spiro atoms. The van der Waals surface area contributed by atoms with Crippen LogP contribution in [0.4, 0.5) is 5.00 Å². The highest BCUT2D eigenvalue weighted by Crippen LogP contribution is 2.38. The van der Waals surface area contributed by atoms with E-state index in [0.717, 1.165) is 36.1 Å². The summed E-state index contributed by atoms with van der Waals surface area (Å²) in [6.45, 7) is 3.95. The molecule has 170 valence electrons. The van der Waals surface area contributed by atoms with E-state index in [4.69, 9.17) is 18.9 Å². The number of ether oxygens (including phenoxy) is 4. The quantitative estimate of drug-likeness (QED) is 0.657. The number of thiophene rings is 1. The summed E-state index contributed by atoms with van der Waals surface area (Å²) in [6.07, 6.45) is 3.43. The summed E-state index contributed by atoms with van der Waals surface area (Å²) in [5, 5.41) is 3.18. The second-order valence-electron chi connectivity index (χ2n) is 7.85. The SMILES string of the molecule is CC(C)OC(=O)c1c(NC(=O)COC(=O)c2ccc3c(c2)OCCO3)sc2c1CCCC2. The smallest absolute Gasteiger partial charge is 0.341 e. The number of amides is 1. The lowest BCUT2D eigenvalue weighted by atomic mass is 9.95. The lowest BCUT2D eigenvalue weighted by molar-refractivity contribution is -0.119. The third-order valence-electron chi connectivity index (χ3n) is 5.08. The Balaban J connectivity index is 1.42. The van der Waals surface area contributed by atoms with Gasteiger partial charge in [0.15, 0.2) is 18.1 Å². The standard InChI is InChI=1S/C23H25NO7S/c1-13(2)31-23(27)20-15-5-3-4-6-18(15)32-21(20)24-19(25)12-30-22(26)14-7-8-16-17(11-14)29-10-9-28-16/h7-8,11,13H,3-6,9-10,12H2,1-2H3,(H,24,25). The van der Waals surface area contributed by atoms with Gasteiger partial charge in [0.05, 0.1) is 17.2 Å². The fourth-order valence-electron chi connectivity index (χ4n) is 3.69. The minimum absolute atomic E-state index is 0.259. The van der Waals surface area contributed by atoms with Crippen LogP contribution in [0, 0.1) is 0 Å². The molecule has 1 aliphatic heterocycles. The highest BCUT2D eigenvalue weighted by atomic mass is 32.1. The normalized spacial score (nSPS) is 14.5. The number of anilines is 1. The van der Waals surface area contributed by atoms with Crippen LogP contribution >= 0.6 is 11.3 Å². The molecule has 1 aliphatic carbocycles. The van der Waals surface area contributed by atoms with E-state index in [1.807, 2.05) is 0 Å². The van der Waals surface area contributed by atoms with E-state index >= 15 is 0 Å².